The topological polar surface area (TPSA) is 88.1 Å². The van der Waals surface area contributed by atoms with E-state index in [1.54, 1.807) is 18.3 Å². The Morgan fingerprint density at radius 2 is 2.28 bits per heavy atom. The van der Waals surface area contributed by atoms with Crippen LogP contribution in [0.1, 0.15) is 5.89 Å². The van der Waals surface area contributed by atoms with Gasteiger partial charge in [-0.25, -0.2) is 4.98 Å². The Hall–Kier alpha value is -2.27. The van der Waals surface area contributed by atoms with Crippen molar-refractivity contribution >= 4 is 10.9 Å². The van der Waals surface area contributed by atoms with E-state index in [4.69, 9.17) is 10.2 Å². The minimum atomic E-state index is 0.234. The Balaban J connectivity index is 2.07. The van der Waals surface area contributed by atoms with Crippen LogP contribution in [0.5, 0.6) is 5.75 Å². The molecule has 0 bridgehead atoms. The highest BCUT2D eigenvalue weighted by atomic mass is 16.4. The maximum atomic E-state index is 9.41. The number of aromatic amines is 1. The number of rotatable bonds is 3. The predicted octanol–water partition coefficient (Wildman–Crippen LogP) is 2.03. The number of nitrogens with one attached hydrogen (secondary N) is 1. The first kappa shape index (κ1) is 10.9. The highest BCUT2D eigenvalue weighted by Gasteiger charge is 2.11. The Kier molecular flexibility index (Phi) is 2.53. The van der Waals surface area contributed by atoms with E-state index in [0.29, 0.717) is 24.6 Å². The molecule has 92 valence electrons. The first-order valence-corrected chi connectivity index (χ1v) is 5.73. The number of fused-ring (bicyclic) bond motifs is 1. The van der Waals surface area contributed by atoms with E-state index in [0.717, 1.165) is 16.5 Å². The molecule has 0 aliphatic heterocycles. The van der Waals surface area contributed by atoms with Crippen LogP contribution in [0.25, 0.3) is 22.2 Å². The van der Waals surface area contributed by atoms with Crippen molar-refractivity contribution in [3.8, 4) is 17.1 Å². The molecule has 0 amide bonds. The quantitative estimate of drug-likeness (QED) is 0.656. The van der Waals surface area contributed by atoms with Crippen LogP contribution in [0.3, 0.4) is 0 Å². The van der Waals surface area contributed by atoms with Crippen molar-refractivity contribution < 1.29 is 9.52 Å². The van der Waals surface area contributed by atoms with Gasteiger partial charge in [0.25, 0.3) is 0 Å². The van der Waals surface area contributed by atoms with Crippen LogP contribution in [0, 0.1) is 0 Å². The summed E-state index contributed by atoms with van der Waals surface area (Å²) in [5.41, 5.74) is 7.26. The van der Waals surface area contributed by atoms with Gasteiger partial charge in [0.2, 0.25) is 0 Å². The van der Waals surface area contributed by atoms with Crippen molar-refractivity contribution in [3.05, 3.63) is 36.5 Å². The molecular formula is C13H13N3O2. The molecule has 2 aromatic heterocycles. The third-order valence-electron chi connectivity index (χ3n) is 2.84. The van der Waals surface area contributed by atoms with Crippen LogP contribution in [-0.4, -0.2) is 21.6 Å². The van der Waals surface area contributed by atoms with Crippen LogP contribution in [0.15, 0.2) is 35.0 Å². The molecule has 5 nitrogen and oxygen atoms in total. The van der Waals surface area contributed by atoms with E-state index in [-0.39, 0.29) is 5.75 Å². The molecule has 0 aliphatic carbocycles. The van der Waals surface area contributed by atoms with E-state index in [1.165, 1.54) is 0 Å². The van der Waals surface area contributed by atoms with Gasteiger partial charge in [-0.05, 0) is 12.1 Å². The number of hydrogen-bond acceptors (Lipinski definition) is 4. The van der Waals surface area contributed by atoms with E-state index in [1.807, 2.05) is 12.3 Å². The third kappa shape index (κ3) is 1.74. The summed E-state index contributed by atoms with van der Waals surface area (Å²) in [6.45, 7) is 0.516. The fourth-order valence-electron chi connectivity index (χ4n) is 1.99. The van der Waals surface area contributed by atoms with Gasteiger partial charge in [-0.2, -0.15) is 0 Å². The van der Waals surface area contributed by atoms with Gasteiger partial charge in [-0.15, -0.1) is 0 Å². The number of nitrogens with two attached hydrogens (primary N) is 1. The summed E-state index contributed by atoms with van der Waals surface area (Å²) < 4.78 is 5.63. The lowest BCUT2D eigenvalue weighted by atomic mass is 10.1. The zero-order valence-electron chi connectivity index (χ0n) is 9.68. The lowest BCUT2D eigenvalue weighted by Crippen LogP contribution is -2.02. The van der Waals surface area contributed by atoms with Crippen molar-refractivity contribution in [2.45, 2.75) is 6.42 Å². The Bertz CT molecular complexity index is 684. The van der Waals surface area contributed by atoms with Gasteiger partial charge in [0, 0.05) is 41.7 Å². The summed E-state index contributed by atoms with van der Waals surface area (Å²) >= 11 is 0. The average Bonchev–Trinajstić information content (AvgIpc) is 2.95. The van der Waals surface area contributed by atoms with Gasteiger partial charge in [0.1, 0.15) is 5.75 Å². The number of oxazole rings is 1. The maximum Gasteiger partial charge on any atom is 0.196 e. The monoisotopic (exact) mass is 243 g/mol. The van der Waals surface area contributed by atoms with Crippen molar-refractivity contribution in [3.63, 3.8) is 0 Å². The van der Waals surface area contributed by atoms with Gasteiger partial charge in [-0.3, -0.25) is 0 Å². The number of nitrogens with zero attached hydrogens (tertiary/aromatic N) is 1. The Labute approximate surface area is 103 Å². The first-order chi connectivity index (χ1) is 8.78. The van der Waals surface area contributed by atoms with Gasteiger partial charge in [0.05, 0.1) is 6.20 Å². The molecule has 18 heavy (non-hydrogen) atoms. The summed E-state index contributed by atoms with van der Waals surface area (Å²) in [5.74, 6) is 1.58. The summed E-state index contributed by atoms with van der Waals surface area (Å²) in [4.78, 5) is 7.27. The molecule has 3 rings (SSSR count). The molecular weight excluding hydrogens is 230 g/mol. The number of hydrogen-bond donors (Lipinski definition) is 3. The second-order valence-corrected chi connectivity index (χ2v) is 4.09. The van der Waals surface area contributed by atoms with Crippen molar-refractivity contribution in [2.75, 3.05) is 6.54 Å². The average molecular weight is 243 g/mol. The number of H-pyrrole nitrogens is 1. The summed E-state index contributed by atoms with van der Waals surface area (Å²) in [5, 5.41) is 10.4. The van der Waals surface area contributed by atoms with Crippen LogP contribution < -0.4 is 5.73 Å². The normalized spacial score (nSPS) is 11.2. The first-order valence-electron chi connectivity index (χ1n) is 5.73. The number of aromatic nitrogens is 2. The molecule has 0 atom stereocenters. The fourth-order valence-corrected chi connectivity index (χ4v) is 1.99. The van der Waals surface area contributed by atoms with Crippen LogP contribution >= 0.6 is 0 Å². The smallest absolute Gasteiger partial charge is 0.196 e. The predicted molar refractivity (Wildman–Crippen MR) is 68.2 cm³/mol. The molecule has 4 N–H and O–H groups in total. The van der Waals surface area contributed by atoms with Crippen molar-refractivity contribution in [2.24, 2.45) is 5.73 Å². The van der Waals surface area contributed by atoms with Crippen LogP contribution in [0.2, 0.25) is 0 Å². The van der Waals surface area contributed by atoms with E-state index >= 15 is 0 Å². The third-order valence-corrected chi connectivity index (χ3v) is 2.84. The molecule has 0 radical (unpaired) electrons. The second kappa shape index (κ2) is 4.19. The van der Waals surface area contributed by atoms with Gasteiger partial charge in [-0.1, -0.05) is 0 Å². The summed E-state index contributed by atoms with van der Waals surface area (Å²) in [7, 11) is 0. The van der Waals surface area contributed by atoms with E-state index in [9.17, 15) is 5.11 Å². The molecule has 5 heteroatoms. The zero-order chi connectivity index (χ0) is 12.5. The molecule has 3 aromatic rings. The van der Waals surface area contributed by atoms with Crippen LogP contribution in [0.4, 0.5) is 0 Å². The number of phenolic OH excluding ortho intramolecular Hbond substituents is 1. The molecule has 0 fully saturated rings. The Morgan fingerprint density at radius 3 is 3.11 bits per heavy atom. The van der Waals surface area contributed by atoms with Gasteiger partial charge >= 0.3 is 0 Å². The Morgan fingerprint density at radius 1 is 1.39 bits per heavy atom. The molecule has 1 aromatic carbocycles. The number of phenols is 1. The zero-order valence-corrected chi connectivity index (χ0v) is 9.68. The largest absolute Gasteiger partial charge is 0.508 e. The highest BCUT2D eigenvalue weighted by molar-refractivity contribution is 5.94. The van der Waals surface area contributed by atoms with E-state index < -0.39 is 0 Å². The minimum absolute atomic E-state index is 0.234. The van der Waals surface area contributed by atoms with Crippen molar-refractivity contribution in [1.29, 1.82) is 0 Å². The van der Waals surface area contributed by atoms with Gasteiger partial charge in [0.15, 0.2) is 11.7 Å². The molecule has 0 saturated heterocycles. The maximum absolute atomic E-state index is 9.41. The number of aromatic hydroxyl groups is 1. The number of benzene rings is 1. The molecule has 0 unspecified atom stereocenters. The lowest BCUT2D eigenvalue weighted by Gasteiger charge is -1.95. The summed E-state index contributed by atoms with van der Waals surface area (Å²) in [6, 6.07) is 5.18. The van der Waals surface area contributed by atoms with E-state index in [2.05, 4.69) is 9.97 Å². The molecule has 0 aliphatic rings. The highest BCUT2D eigenvalue weighted by Crippen LogP contribution is 2.30. The minimum Gasteiger partial charge on any atom is -0.508 e. The SMILES string of the molecule is NCCc1ncc(-c2c[nH]c3cc(O)ccc23)o1. The standard InChI is InChI=1S/C13H13N3O2/c14-4-3-13-16-7-12(18-13)10-6-15-11-5-8(17)1-2-9(10)11/h1-2,5-7,15,17H,3-4,14H2. The molecule has 0 saturated carbocycles. The van der Waals surface area contributed by atoms with Crippen molar-refractivity contribution in [1.82, 2.24) is 9.97 Å². The molecule has 2 heterocycles. The summed E-state index contributed by atoms with van der Waals surface area (Å²) in [6.07, 6.45) is 4.17. The lowest BCUT2D eigenvalue weighted by molar-refractivity contribution is 0.476. The molecule has 0 spiro atoms. The van der Waals surface area contributed by atoms with Gasteiger partial charge < -0.3 is 20.2 Å². The second-order valence-electron chi connectivity index (χ2n) is 4.09. The fraction of sp³-hybridized carbons (Fsp3) is 0.154. The van der Waals surface area contributed by atoms with Crippen LogP contribution in [-0.2, 0) is 6.42 Å².